The number of nitrogens with two attached hydrogens (primary N) is 1. The van der Waals surface area contributed by atoms with Crippen molar-refractivity contribution >= 4 is 0 Å². The molecule has 0 heterocycles. The summed E-state index contributed by atoms with van der Waals surface area (Å²) in [5.74, 6) is 0.876. The van der Waals surface area contributed by atoms with Gasteiger partial charge in [-0.2, -0.15) is 0 Å². The summed E-state index contributed by atoms with van der Waals surface area (Å²) in [4.78, 5) is 0. The van der Waals surface area contributed by atoms with Crippen LogP contribution in [0.4, 0.5) is 0 Å². The van der Waals surface area contributed by atoms with E-state index in [4.69, 9.17) is 15.2 Å². The second-order valence-electron chi connectivity index (χ2n) is 3.23. The number of rotatable bonds is 7. The first-order chi connectivity index (χ1) is 7.36. The van der Waals surface area contributed by atoms with Crippen LogP contribution < -0.4 is 10.5 Å². The van der Waals surface area contributed by atoms with Gasteiger partial charge in [-0.15, -0.1) is 0 Å². The third kappa shape index (κ3) is 4.81. The Morgan fingerprint density at radius 2 is 1.87 bits per heavy atom. The normalized spacial score (nSPS) is 10.3. The largest absolute Gasteiger partial charge is 0.492 e. The van der Waals surface area contributed by atoms with E-state index in [0.29, 0.717) is 13.2 Å². The molecule has 84 valence electrons. The predicted molar refractivity (Wildman–Crippen MR) is 61.2 cm³/mol. The van der Waals surface area contributed by atoms with Crippen LogP contribution in [0, 0.1) is 0 Å². The molecule has 0 radical (unpaired) electrons. The molecule has 3 heteroatoms. The van der Waals surface area contributed by atoms with Crippen molar-refractivity contribution in [3.63, 3.8) is 0 Å². The average Bonchev–Trinajstić information content (AvgIpc) is 2.28. The van der Waals surface area contributed by atoms with Crippen LogP contribution in [0.2, 0.25) is 0 Å². The zero-order valence-corrected chi connectivity index (χ0v) is 9.24. The van der Waals surface area contributed by atoms with Crippen LogP contribution in [0.1, 0.15) is 12.5 Å². The van der Waals surface area contributed by atoms with Crippen molar-refractivity contribution in [2.75, 3.05) is 26.4 Å². The molecule has 1 aromatic carbocycles. The first kappa shape index (κ1) is 12.0. The van der Waals surface area contributed by atoms with Crippen molar-refractivity contribution in [3.8, 4) is 5.75 Å². The smallest absolute Gasteiger partial charge is 0.119 e. The van der Waals surface area contributed by atoms with Crippen LogP contribution >= 0.6 is 0 Å². The van der Waals surface area contributed by atoms with Gasteiger partial charge in [0.2, 0.25) is 0 Å². The summed E-state index contributed by atoms with van der Waals surface area (Å²) in [7, 11) is 0. The second kappa shape index (κ2) is 7.26. The molecule has 0 saturated carbocycles. The fourth-order valence-electron chi connectivity index (χ4n) is 1.26. The first-order valence-electron chi connectivity index (χ1n) is 5.36. The molecule has 2 N–H and O–H groups in total. The van der Waals surface area contributed by atoms with Crippen molar-refractivity contribution in [2.45, 2.75) is 13.3 Å². The standard InChI is InChI=1S/C12H19NO2/c1-2-14-9-7-11-3-5-12(6-4-11)15-10-8-13/h3-6H,2,7-10,13H2,1H3. The van der Waals surface area contributed by atoms with Gasteiger partial charge in [0.1, 0.15) is 12.4 Å². The van der Waals surface area contributed by atoms with E-state index in [1.807, 2.05) is 19.1 Å². The molecule has 0 amide bonds. The topological polar surface area (TPSA) is 44.5 Å². The van der Waals surface area contributed by atoms with Gasteiger partial charge in [-0.1, -0.05) is 12.1 Å². The monoisotopic (exact) mass is 209 g/mol. The van der Waals surface area contributed by atoms with Gasteiger partial charge in [-0.05, 0) is 31.0 Å². The molecule has 0 fully saturated rings. The van der Waals surface area contributed by atoms with Crippen LogP contribution in [0.5, 0.6) is 5.75 Å². The van der Waals surface area contributed by atoms with Gasteiger partial charge in [0.15, 0.2) is 0 Å². The Kier molecular flexibility index (Phi) is 5.81. The molecule has 0 aromatic heterocycles. The van der Waals surface area contributed by atoms with E-state index in [2.05, 4.69) is 12.1 Å². The maximum absolute atomic E-state index is 5.38. The molecule has 15 heavy (non-hydrogen) atoms. The van der Waals surface area contributed by atoms with Crippen LogP contribution in [-0.2, 0) is 11.2 Å². The lowest BCUT2D eigenvalue weighted by Crippen LogP contribution is -2.10. The summed E-state index contributed by atoms with van der Waals surface area (Å²) in [6.07, 6.45) is 0.949. The molecule has 0 bridgehead atoms. The molecule has 0 atom stereocenters. The van der Waals surface area contributed by atoms with Crippen LogP contribution in [0.25, 0.3) is 0 Å². The minimum Gasteiger partial charge on any atom is -0.492 e. The molecule has 1 aromatic rings. The SMILES string of the molecule is CCOCCc1ccc(OCCN)cc1. The quantitative estimate of drug-likeness (QED) is 0.694. The molecule has 0 aliphatic rings. The summed E-state index contributed by atoms with van der Waals surface area (Å²) >= 11 is 0. The lowest BCUT2D eigenvalue weighted by atomic mass is 10.1. The zero-order valence-electron chi connectivity index (χ0n) is 9.24. The highest BCUT2D eigenvalue weighted by molar-refractivity contribution is 5.27. The van der Waals surface area contributed by atoms with E-state index >= 15 is 0 Å². The van der Waals surface area contributed by atoms with Gasteiger partial charge in [0.25, 0.3) is 0 Å². The highest BCUT2D eigenvalue weighted by atomic mass is 16.5. The molecule has 0 saturated heterocycles. The first-order valence-corrected chi connectivity index (χ1v) is 5.36. The van der Waals surface area contributed by atoms with E-state index in [-0.39, 0.29) is 0 Å². The van der Waals surface area contributed by atoms with E-state index in [1.54, 1.807) is 0 Å². The molecule has 1 rings (SSSR count). The highest BCUT2D eigenvalue weighted by Gasteiger charge is 1.95. The number of hydrogen-bond acceptors (Lipinski definition) is 3. The Morgan fingerprint density at radius 3 is 2.47 bits per heavy atom. The Labute approximate surface area is 91.2 Å². The van der Waals surface area contributed by atoms with Gasteiger partial charge in [0, 0.05) is 13.2 Å². The van der Waals surface area contributed by atoms with Crippen molar-refractivity contribution in [1.82, 2.24) is 0 Å². The Hall–Kier alpha value is -1.06. The molecule has 0 aliphatic heterocycles. The molecule has 3 nitrogen and oxygen atoms in total. The average molecular weight is 209 g/mol. The fraction of sp³-hybridized carbons (Fsp3) is 0.500. The molecular weight excluding hydrogens is 190 g/mol. The van der Waals surface area contributed by atoms with Gasteiger partial charge in [-0.25, -0.2) is 0 Å². The Morgan fingerprint density at radius 1 is 1.13 bits per heavy atom. The van der Waals surface area contributed by atoms with E-state index in [0.717, 1.165) is 25.4 Å². The predicted octanol–water partition coefficient (Wildman–Crippen LogP) is 1.60. The zero-order chi connectivity index (χ0) is 10.9. The van der Waals surface area contributed by atoms with E-state index in [9.17, 15) is 0 Å². The fourth-order valence-corrected chi connectivity index (χ4v) is 1.26. The summed E-state index contributed by atoms with van der Waals surface area (Å²) in [5.41, 5.74) is 6.61. The second-order valence-corrected chi connectivity index (χ2v) is 3.23. The van der Waals surface area contributed by atoms with Gasteiger partial charge >= 0.3 is 0 Å². The van der Waals surface area contributed by atoms with E-state index < -0.39 is 0 Å². The summed E-state index contributed by atoms with van der Waals surface area (Å²) < 4.78 is 10.7. The summed E-state index contributed by atoms with van der Waals surface area (Å²) in [5, 5.41) is 0. The van der Waals surface area contributed by atoms with Crippen LogP contribution in [0.3, 0.4) is 0 Å². The van der Waals surface area contributed by atoms with Crippen molar-refractivity contribution in [2.24, 2.45) is 5.73 Å². The molecule has 0 unspecified atom stereocenters. The Bertz CT molecular complexity index is 259. The molecule has 0 spiro atoms. The van der Waals surface area contributed by atoms with E-state index in [1.165, 1.54) is 5.56 Å². The van der Waals surface area contributed by atoms with Crippen molar-refractivity contribution in [3.05, 3.63) is 29.8 Å². The van der Waals surface area contributed by atoms with Crippen molar-refractivity contribution < 1.29 is 9.47 Å². The van der Waals surface area contributed by atoms with Gasteiger partial charge in [0.05, 0.1) is 6.61 Å². The van der Waals surface area contributed by atoms with Gasteiger partial charge in [-0.3, -0.25) is 0 Å². The lowest BCUT2D eigenvalue weighted by molar-refractivity contribution is 0.151. The van der Waals surface area contributed by atoms with Gasteiger partial charge < -0.3 is 15.2 Å². The lowest BCUT2D eigenvalue weighted by Gasteiger charge is -2.06. The minimum atomic E-state index is 0.548. The minimum absolute atomic E-state index is 0.548. The third-order valence-electron chi connectivity index (χ3n) is 2.05. The van der Waals surface area contributed by atoms with Crippen molar-refractivity contribution in [1.29, 1.82) is 0 Å². The Balaban J connectivity index is 2.35. The van der Waals surface area contributed by atoms with Crippen LogP contribution in [-0.4, -0.2) is 26.4 Å². The maximum Gasteiger partial charge on any atom is 0.119 e. The highest BCUT2D eigenvalue weighted by Crippen LogP contribution is 2.12. The molecular formula is C12H19NO2. The number of ether oxygens (including phenoxy) is 2. The molecule has 0 aliphatic carbocycles. The maximum atomic E-state index is 5.38. The summed E-state index contributed by atoms with van der Waals surface area (Å²) in [6, 6.07) is 8.06. The summed E-state index contributed by atoms with van der Waals surface area (Å²) in [6.45, 7) is 4.67. The number of hydrogen-bond donors (Lipinski definition) is 1. The number of benzene rings is 1. The third-order valence-corrected chi connectivity index (χ3v) is 2.05. The van der Waals surface area contributed by atoms with Crippen LogP contribution in [0.15, 0.2) is 24.3 Å².